The SMILES string of the molecule is COc1ccc(CNCCNC(=O)O)cc1. The maximum atomic E-state index is 10.2. The fraction of sp³-hybridized carbons (Fsp3) is 0.364. The molecule has 0 saturated carbocycles. The lowest BCUT2D eigenvalue weighted by atomic mass is 10.2. The molecule has 0 aromatic heterocycles. The first-order valence-corrected chi connectivity index (χ1v) is 5.03. The molecule has 0 aliphatic heterocycles. The van der Waals surface area contributed by atoms with Crippen LogP contribution in [0.4, 0.5) is 4.79 Å². The van der Waals surface area contributed by atoms with Gasteiger partial charge in [0.05, 0.1) is 7.11 Å². The van der Waals surface area contributed by atoms with Crippen LogP contribution in [0.5, 0.6) is 5.75 Å². The van der Waals surface area contributed by atoms with Crippen LogP contribution < -0.4 is 15.4 Å². The van der Waals surface area contributed by atoms with E-state index in [0.29, 0.717) is 19.6 Å². The van der Waals surface area contributed by atoms with Crippen molar-refractivity contribution in [3.05, 3.63) is 29.8 Å². The second-order valence-corrected chi connectivity index (χ2v) is 3.26. The molecule has 0 atom stereocenters. The summed E-state index contributed by atoms with van der Waals surface area (Å²) >= 11 is 0. The number of amides is 1. The molecular weight excluding hydrogens is 208 g/mol. The lowest BCUT2D eigenvalue weighted by molar-refractivity contribution is 0.194. The van der Waals surface area contributed by atoms with Gasteiger partial charge >= 0.3 is 6.09 Å². The van der Waals surface area contributed by atoms with E-state index in [1.54, 1.807) is 7.11 Å². The molecule has 0 spiro atoms. The van der Waals surface area contributed by atoms with Crippen molar-refractivity contribution in [1.29, 1.82) is 0 Å². The molecule has 5 heteroatoms. The van der Waals surface area contributed by atoms with Crippen molar-refractivity contribution in [3.8, 4) is 5.75 Å². The van der Waals surface area contributed by atoms with Crippen molar-refractivity contribution >= 4 is 6.09 Å². The molecule has 3 N–H and O–H groups in total. The zero-order valence-corrected chi connectivity index (χ0v) is 9.19. The van der Waals surface area contributed by atoms with E-state index in [-0.39, 0.29) is 0 Å². The number of hydrogen-bond acceptors (Lipinski definition) is 3. The molecule has 1 aromatic carbocycles. The second kappa shape index (κ2) is 6.68. The number of carbonyl (C=O) groups is 1. The Morgan fingerprint density at radius 1 is 1.31 bits per heavy atom. The highest BCUT2D eigenvalue weighted by atomic mass is 16.5. The van der Waals surface area contributed by atoms with Gasteiger partial charge in [0.25, 0.3) is 0 Å². The normalized spacial score (nSPS) is 9.81. The summed E-state index contributed by atoms with van der Waals surface area (Å²) in [5, 5.41) is 13.7. The molecule has 5 nitrogen and oxygen atoms in total. The second-order valence-electron chi connectivity index (χ2n) is 3.26. The largest absolute Gasteiger partial charge is 0.497 e. The fourth-order valence-electron chi connectivity index (χ4n) is 1.23. The lowest BCUT2D eigenvalue weighted by Crippen LogP contribution is -2.30. The molecule has 1 amide bonds. The van der Waals surface area contributed by atoms with E-state index in [1.807, 2.05) is 24.3 Å². The van der Waals surface area contributed by atoms with Gasteiger partial charge in [-0.15, -0.1) is 0 Å². The van der Waals surface area contributed by atoms with Crippen LogP contribution in [0.25, 0.3) is 0 Å². The summed E-state index contributed by atoms with van der Waals surface area (Å²) in [6, 6.07) is 7.73. The van der Waals surface area contributed by atoms with Gasteiger partial charge in [0.2, 0.25) is 0 Å². The van der Waals surface area contributed by atoms with Gasteiger partial charge in [0, 0.05) is 19.6 Å². The van der Waals surface area contributed by atoms with Crippen molar-refractivity contribution in [1.82, 2.24) is 10.6 Å². The average Bonchev–Trinajstić information content (AvgIpc) is 2.29. The minimum Gasteiger partial charge on any atom is -0.497 e. The predicted octanol–water partition coefficient (Wildman–Crippen LogP) is 1.05. The van der Waals surface area contributed by atoms with Crippen molar-refractivity contribution in [3.63, 3.8) is 0 Å². The molecule has 1 rings (SSSR count). The molecule has 0 radical (unpaired) electrons. The van der Waals surface area contributed by atoms with Crippen molar-refractivity contribution in [2.75, 3.05) is 20.2 Å². The van der Waals surface area contributed by atoms with Gasteiger partial charge in [0.15, 0.2) is 0 Å². The van der Waals surface area contributed by atoms with Gasteiger partial charge in [0.1, 0.15) is 5.75 Å². The van der Waals surface area contributed by atoms with Crippen LogP contribution in [0, 0.1) is 0 Å². The van der Waals surface area contributed by atoms with Gasteiger partial charge in [-0.05, 0) is 17.7 Å². The minimum absolute atomic E-state index is 0.408. The van der Waals surface area contributed by atoms with E-state index in [2.05, 4.69) is 10.6 Å². The van der Waals surface area contributed by atoms with Crippen LogP contribution >= 0.6 is 0 Å². The van der Waals surface area contributed by atoms with Crippen LogP contribution in [0.3, 0.4) is 0 Å². The maximum absolute atomic E-state index is 10.2. The number of benzene rings is 1. The number of methoxy groups -OCH3 is 1. The highest BCUT2D eigenvalue weighted by Crippen LogP contribution is 2.10. The summed E-state index contributed by atoms with van der Waals surface area (Å²) < 4.78 is 5.04. The molecule has 0 bridgehead atoms. The Morgan fingerprint density at radius 2 is 2.00 bits per heavy atom. The first-order valence-electron chi connectivity index (χ1n) is 5.03. The van der Waals surface area contributed by atoms with E-state index in [9.17, 15) is 4.79 Å². The Labute approximate surface area is 94.4 Å². The molecule has 1 aromatic rings. The number of carboxylic acid groups (broad SMARTS) is 1. The van der Waals surface area contributed by atoms with E-state index in [4.69, 9.17) is 9.84 Å². The van der Waals surface area contributed by atoms with E-state index in [0.717, 1.165) is 11.3 Å². The van der Waals surface area contributed by atoms with Gasteiger partial charge in [-0.2, -0.15) is 0 Å². The number of hydrogen-bond donors (Lipinski definition) is 3. The average molecular weight is 224 g/mol. The zero-order valence-electron chi connectivity index (χ0n) is 9.19. The Kier molecular flexibility index (Phi) is 5.15. The fourth-order valence-corrected chi connectivity index (χ4v) is 1.23. The standard InChI is InChI=1S/C11H16N2O3/c1-16-10-4-2-9(3-5-10)8-12-6-7-13-11(14)15/h2-5,12-13H,6-8H2,1H3,(H,14,15). The molecule has 0 heterocycles. The highest BCUT2D eigenvalue weighted by molar-refractivity contribution is 5.64. The molecule has 0 aliphatic carbocycles. The lowest BCUT2D eigenvalue weighted by Gasteiger charge is -2.05. The van der Waals surface area contributed by atoms with Gasteiger partial charge in [-0.3, -0.25) is 0 Å². The van der Waals surface area contributed by atoms with Gasteiger partial charge in [-0.1, -0.05) is 12.1 Å². The molecule has 16 heavy (non-hydrogen) atoms. The Hall–Kier alpha value is -1.75. The predicted molar refractivity (Wildman–Crippen MR) is 60.7 cm³/mol. The molecule has 0 saturated heterocycles. The molecular formula is C11H16N2O3. The summed E-state index contributed by atoms with van der Waals surface area (Å²) in [6.07, 6.45) is -0.994. The quantitative estimate of drug-likeness (QED) is 0.632. The summed E-state index contributed by atoms with van der Waals surface area (Å²) in [5.74, 6) is 0.830. The van der Waals surface area contributed by atoms with E-state index >= 15 is 0 Å². The van der Waals surface area contributed by atoms with Crippen molar-refractivity contribution in [2.24, 2.45) is 0 Å². The summed E-state index contributed by atoms with van der Waals surface area (Å²) in [7, 11) is 1.63. The zero-order chi connectivity index (χ0) is 11.8. The van der Waals surface area contributed by atoms with E-state index in [1.165, 1.54) is 0 Å². The topological polar surface area (TPSA) is 70.6 Å². The number of nitrogens with one attached hydrogen (secondary N) is 2. The minimum atomic E-state index is -0.994. The summed E-state index contributed by atoms with van der Waals surface area (Å²) in [5.41, 5.74) is 1.14. The number of rotatable bonds is 6. The van der Waals surface area contributed by atoms with Crippen LogP contribution in [0.2, 0.25) is 0 Å². The van der Waals surface area contributed by atoms with E-state index < -0.39 is 6.09 Å². The number of ether oxygens (including phenoxy) is 1. The molecule has 0 fully saturated rings. The van der Waals surface area contributed by atoms with Crippen molar-refractivity contribution in [2.45, 2.75) is 6.54 Å². The third kappa shape index (κ3) is 4.65. The Morgan fingerprint density at radius 3 is 2.56 bits per heavy atom. The van der Waals surface area contributed by atoms with Crippen LogP contribution in [0.1, 0.15) is 5.56 Å². The van der Waals surface area contributed by atoms with Crippen LogP contribution in [-0.4, -0.2) is 31.4 Å². The Bertz CT molecular complexity index is 325. The smallest absolute Gasteiger partial charge is 0.404 e. The first-order chi connectivity index (χ1) is 7.72. The van der Waals surface area contributed by atoms with Gasteiger partial charge in [-0.25, -0.2) is 4.79 Å². The van der Waals surface area contributed by atoms with Crippen LogP contribution in [-0.2, 0) is 6.54 Å². The third-order valence-electron chi connectivity index (χ3n) is 2.07. The summed E-state index contributed by atoms with van der Waals surface area (Å²) in [4.78, 5) is 10.2. The molecule has 88 valence electrons. The maximum Gasteiger partial charge on any atom is 0.404 e. The molecule has 0 aliphatic rings. The summed E-state index contributed by atoms with van der Waals surface area (Å²) in [6.45, 7) is 1.73. The third-order valence-corrected chi connectivity index (χ3v) is 2.07. The monoisotopic (exact) mass is 224 g/mol. The highest BCUT2D eigenvalue weighted by Gasteiger charge is 1.95. The Balaban J connectivity index is 2.19. The first kappa shape index (κ1) is 12.3. The van der Waals surface area contributed by atoms with Crippen LogP contribution in [0.15, 0.2) is 24.3 Å². The molecule has 0 unspecified atom stereocenters. The van der Waals surface area contributed by atoms with Gasteiger partial charge < -0.3 is 20.5 Å². The van der Waals surface area contributed by atoms with Crippen molar-refractivity contribution < 1.29 is 14.6 Å².